The molecule has 0 bridgehead atoms. The number of benzene rings is 2. The standard InChI is InChI=1S/C34H48F2O3/c1-3-5-6-7-8-9-10-11-25-38-31-24-23-30(32(35)33(31)36)34(37)39-29-21-19-28(20-22-29)18-17-27-15-13-26(12-4-2)14-16-27/h19-24,26-27H,3-18,25H2,1-2H3. The maximum Gasteiger partial charge on any atom is 0.346 e. The summed E-state index contributed by atoms with van der Waals surface area (Å²) in [7, 11) is 0. The van der Waals surface area contributed by atoms with Crippen LogP contribution in [0.4, 0.5) is 8.78 Å². The molecule has 1 fully saturated rings. The molecule has 0 spiro atoms. The Morgan fingerprint density at radius 2 is 1.36 bits per heavy atom. The van der Waals surface area contributed by atoms with Crippen LogP contribution in [-0.4, -0.2) is 12.6 Å². The molecule has 0 amide bonds. The molecule has 0 N–H and O–H groups in total. The van der Waals surface area contributed by atoms with Crippen LogP contribution in [0, 0.1) is 23.5 Å². The fourth-order valence-corrected chi connectivity index (χ4v) is 5.69. The predicted molar refractivity (Wildman–Crippen MR) is 155 cm³/mol. The van der Waals surface area contributed by atoms with Gasteiger partial charge in [0.2, 0.25) is 5.82 Å². The number of rotatable bonds is 17. The summed E-state index contributed by atoms with van der Waals surface area (Å²) in [5.41, 5.74) is 0.760. The van der Waals surface area contributed by atoms with Crippen molar-refractivity contribution in [3.63, 3.8) is 0 Å². The number of halogens is 2. The highest BCUT2D eigenvalue weighted by Crippen LogP contribution is 2.34. The number of aryl methyl sites for hydroxylation is 1. The van der Waals surface area contributed by atoms with E-state index in [4.69, 9.17) is 9.47 Å². The number of esters is 1. The highest BCUT2D eigenvalue weighted by Gasteiger charge is 2.22. The second kappa shape index (κ2) is 17.3. The lowest BCUT2D eigenvalue weighted by atomic mass is 9.78. The molecular weight excluding hydrogens is 494 g/mol. The Kier molecular flexibility index (Phi) is 13.8. The van der Waals surface area contributed by atoms with Crippen molar-refractivity contribution >= 4 is 5.97 Å². The number of carbonyl (C=O) groups excluding carboxylic acids is 1. The Morgan fingerprint density at radius 1 is 0.744 bits per heavy atom. The maximum atomic E-state index is 14.6. The number of carbonyl (C=O) groups is 1. The Morgan fingerprint density at radius 3 is 2.00 bits per heavy atom. The monoisotopic (exact) mass is 542 g/mol. The zero-order chi connectivity index (χ0) is 27.9. The summed E-state index contributed by atoms with van der Waals surface area (Å²) in [4.78, 5) is 12.5. The number of unbranched alkanes of at least 4 members (excludes halogenated alkanes) is 7. The predicted octanol–water partition coefficient (Wildman–Crippen LogP) is 10.2. The van der Waals surface area contributed by atoms with Gasteiger partial charge in [0.1, 0.15) is 5.75 Å². The molecule has 216 valence electrons. The molecule has 2 aromatic rings. The highest BCUT2D eigenvalue weighted by atomic mass is 19.2. The molecule has 1 saturated carbocycles. The molecule has 1 aliphatic carbocycles. The average Bonchev–Trinajstić information content (AvgIpc) is 2.95. The van der Waals surface area contributed by atoms with E-state index in [0.717, 1.165) is 37.5 Å². The van der Waals surface area contributed by atoms with Gasteiger partial charge in [0.05, 0.1) is 12.2 Å². The third kappa shape index (κ3) is 10.6. The Labute approximate surface area is 234 Å². The van der Waals surface area contributed by atoms with Crippen LogP contribution in [0.3, 0.4) is 0 Å². The molecule has 3 nitrogen and oxygen atoms in total. The molecule has 3 rings (SSSR count). The molecule has 0 radical (unpaired) electrons. The lowest BCUT2D eigenvalue weighted by Crippen LogP contribution is -2.15. The van der Waals surface area contributed by atoms with E-state index in [2.05, 4.69) is 13.8 Å². The van der Waals surface area contributed by atoms with Crippen molar-refractivity contribution < 1.29 is 23.0 Å². The van der Waals surface area contributed by atoms with E-state index >= 15 is 0 Å². The summed E-state index contributed by atoms with van der Waals surface area (Å²) in [6.45, 7) is 4.79. The molecule has 0 heterocycles. The molecule has 39 heavy (non-hydrogen) atoms. The van der Waals surface area contributed by atoms with Crippen LogP contribution in [-0.2, 0) is 6.42 Å². The van der Waals surface area contributed by atoms with Crippen LogP contribution in [0.15, 0.2) is 36.4 Å². The largest absolute Gasteiger partial charge is 0.490 e. The fourth-order valence-electron chi connectivity index (χ4n) is 5.69. The quantitative estimate of drug-likeness (QED) is 0.113. The number of ether oxygens (including phenoxy) is 2. The summed E-state index contributed by atoms with van der Waals surface area (Å²) < 4.78 is 40.0. The maximum absolute atomic E-state index is 14.6. The average molecular weight is 543 g/mol. The van der Waals surface area contributed by atoms with Crippen molar-refractivity contribution in [1.29, 1.82) is 0 Å². The summed E-state index contributed by atoms with van der Waals surface area (Å²) in [6, 6.07) is 9.88. The van der Waals surface area contributed by atoms with Gasteiger partial charge < -0.3 is 9.47 Å². The van der Waals surface area contributed by atoms with Gasteiger partial charge in [-0.25, -0.2) is 9.18 Å². The van der Waals surface area contributed by atoms with Crippen LogP contribution in [0.25, 0.3) is 0 Å². The molecule has 2 aromatic carbocycles. The number of hydrogen-bond acceptors (Lipinski definition) is 3. The van der Waals surface area contributed by atoms with E-state index in [1.165, 1.54) is 94.7 Å². The summed E-state index contributed by atoms with van der Waals surface area (Å²) in [5.74, 6) is -1.45. The fraction of sp³-hybridized carbons (Fsp3) is 0.618. The van der Waals surface area contributed by atoms with Crippen LogP contribution in [0.1, 0.15) is 126 Å². The van der Waals surface area contributed by atoms with Crippen LogP contribution in [0.5, 0.6) is 11.5 Å². The zero-order valence-electron chi connectivity index (χ0n) is 24.1. The van der Waals surface area contributed by atoms with Crippen LogP contribution < -0.4 is 9.47 Å². The molecule has 0 saturated heterocycles. The minimum atomic E-state index is -1.24. The normalized spacial score (nSPS) is 17.2. The van der Waals surface area contributed by atoms with Gasteiger partial charge in [-0.2, -0.15) is 4.39 Å². The Balaban J connectivity index is 1.40. The molecular formula is C34H48F2O3. The van der Waals surface area contributed by atoms with Crippen LogP contribution in [0.2, 0.25) is 0 Å². The van der Waals surface area contributed by atoms with Crippen molar-refractivity contribution in [3.05, 3.63) is 59.2 Å². The highest BCUT2D eigenvalue weighted by molar-refractivity contribution is 5.91. The van der Waals surface area contributed by atoms with E-state index in [1.54, 1.807) is 12.1 Å². The SMILES string of the molecule is CCCCCCCCCCOc1ccc(C(=O)Oc2ccc(CCC3CCC(CCC)CC3)cc2)c(F)c1F. The molecule has 0 atom stereocenters. The van der Waals surface area contributed by atoms with E-state index in [1.807, 2.05) is 12.1 Å². The van der Waals surface area contributed by atoms with Gasteiger partial charge in [0.15, 0.2) is 11.6 Å². The second-order valence-corrected chi connectivity index (χ2v) is 11.3. The first-order chi connectivity index (χ1) is 19.0. The van der Waals surface area contributed by atoms with Crippen molar-refractivity contribution in [1.82, 2.24) is 0 Å². The molecule has 0 unspecified atom stereocenters. The van der Waals surface area contributed by atoms with E-state index in [0.29, 0.717) is 12.4 Å². The van der Waals surface area contributed by atoms with Gasteiger partial charge in [-0.15, -0.1) is 0 Å². The van der Waals surface area contributed by atoms with E-state index in [-0.39, 0.29) is 5.75 Å². The van der Waals surface area contributed by atoms with Crippen molar-refractivity contribution in [2.45, 2.75) is 117 Å². The van der Waals surface area contributed by atoms with Gasteiger partial charge in [-0.3, -0.25) is 0 Å². The van der Waals surface area contributed by atoms with E-state index in [9.17, 15) is 13.6 Å². The minimum Gasteiger partial charge on any atom is -0.490 e. The minimum absolute atomic E-state index is 0.171. The van der Waals surface area contributed by atoms with Gasteiger partial charge >= 0.3 is 5.97 Å². The Bertz CT molecular complexity index is 981. The van der Waals surface area contributed by atoms with Crippen LogP contribution >= 0.6 is 0 Å². The van der Waals surface area contributed by atoms with Crippen molar-refractivity contribution in [2.75, 3.05) is 6.61 Å². The number of hydrogen-bond donors (Lipinski definition) is 0. The molecule has 0 aromatic heterocycles. The summed E-state index contributed by atoms with van der Waals surface area (Å²) >= 11 is 0. The third-order valence-corrected chi connectivity index (χ3v) is 8.16. The first-order valence-electron chi connectivity index (χ1n) is 15.4. The first kappa shape index (κ1) is 31.1. The smallest absolute Gasteiger partial charge is 0.346 e. The summed E-state index contributed by atoms with van der Waals surface area (Å²) in [5, 5.41) is 0. The third-order valence-electron chi connectivity index (χ3n) is 8.16. The molecule has 5 heteroatoms. The molecule has 0 aliphatic heterocycles. The van der Waals surface area contributed by atoms with Gasteiger partial charge in [-0.05, 0) is 60.9 Å². The van der Waals surface area contributed by atoms with Crippen molar-refractivity contribution in [3.8, 4) is 11.5 Å². The second-order valence-electron chi connectivity index (χ2n) is 11.3. The van der Waals surface area contributed by atoms with Gasteiger partial charge in [0.25, 0.3) is 0 Å². The van der Waals surface area contributed by atoms with E-state index < -0.39 is 23.2 Å². The molecule has 1 aliphatic rings. The first-order valence-corrected chi connectivity index (χ1v) is 15.4. The van der Waals surface area contributed by atoms with Gasteiger partial charge in [-0.1, -0.05) is 109 Å². The van der Waals surface area contributed by atoms with Gasteiger partial charge in [0, 0.05) is 0 Å². The Hall–Kier alpha value is -2.43. The lowest BCUT2D eigenvalue weighted by Gasteiger charge is -2.28. The summed E-state index contributed by atoms with van der Waals surface area (Å²) in [6.07, 6.45) is 19.3. The van der Waals surface area contributed by atoms with Crippen molar-refractivity contribution in [2.24, 2.45) is 11.8 Å². The lowest BCUT2D eigenvalue weighted by molar-refractivity contribution is 0.0728. The zero-order valence-corrected chi connectivity index (χ0v) is 24.1. The topological polar surface area (TPSA) is 35.5 Å².